The Bertz CT molecular complexity index is 737. The summed E-state index contributed by atoms with van der Waals surface area (Å²) < 4.78 is 0. The van der Waals surface area contributed by atoms with Crippen molar-refractivity contribution in [3.05, 3.63) is 35.9 Å². The number of piperidine rings is 1. The number of carbonyl (C=O) groups is 3. The molecule has 29 heavy (non-hydrogen) atoms. The minimum Gasteiger partial charge on any atom is -0.343 e. The van der Waals surface area contributed by atoms with E-state index in [1.54, 1.807) is 4.90 Å². The van der Waals surface area contributed by atoms with E-state index >= 15 is 0 Å². The molecule has 0 radical (unpaired) electrons. The summed E-state index contributed by atoms with van der Waals surface area (Å²) in [6, 6.07) is 9.92. The van der Waals surface area contributed by atoms with Crippen molar-refractivity contribution in [1.29, 1.82) is 0 Å². The number of hydrogen-bond acceptors (Lipinski definition) is 3. The van der Waals surface area contributed by atoms with Gasteiger partial charge in [-0.05, 0) is 37.2 Å². The van der Waals surface area contributed by atoms with Gasteiger partial charge in [0.25, 0.3) is 0 Å². The largest absolute Gasteiger partial charge is 0.343 e. The van der Waals surface area contributed by atoms with E-state index in [0.29, 0.717) is 44.9 Å². The van der Waals surface area contributed by atoms with Crippen LogP contribution in [-0.2, 0) is 20.9 Å². The summed E-state index contributed by atoms with van der Waals surface area (Å²) in [4.78, 5) is 43.4. The molecule has 0 spiro atoms. The Hall–Kier alpha value is -2.37. The Balaban J connectivity index is 1.24. The van der Waals surface area contributed by atoms with Crippen LogP contribution in [0.5, 0.6) is 0 Å². The second kappa shape index (κ2) is 8.97. The fourth-order valence-corrected chi connectivity index (χ4v) is 4.85. The minimum atomic E-state index is -0.228. The molecule has 0 aliphatic carbocycles. The van der Waals surface area contributed by atoms with Crippen molar-refractivity contribution in [1.82, 2.24) is 14.7 Å². The number of rotatable bonds is 5. The molecule has 0 saturated carbocycles. The molecule has 1 aromatic rings. The normalized spacial score (nSPS) is 23.1. The predicted octanol–water partition coefficient (Wildman–Crippen LogP) is 2.29. The standard InChI is InChI=1S/C23H31N3O3/c27-21(24-10-4-5-11-24)14-18-8-12-25(13-9-18)23(29)20-15-22(28)26(17-20)16-19-6-2-1-3-7-19/h1-3,6-7,18,20H,4-5,8-17H2. The lowest BCUT2D eigenvalue weighted by atomic mass is 9.92. The van der Waals surface area contributed by atoms with Crippen molar-refractivity contribution in [2.24, 2.45) is 11.8 Å². The summed E-state index contributed by atoms with van der Waals surface area (Å²) in [5.41, 5.74) is 1.09. The first-order valence-electron chi connectivity index (χ1n) is 11.0. The third kappa shape index (κ3) is 4.80. The van der Waals surface area contributed by atoms with E-state index in [1.165, 1.54) is 0 Å². The number of benzene rings is 1. The van der Waals surface area contributed by atoms with Gasteiger partial charge in [-0.3, -0.25) is 14.4 Å². The van der Waals surface area contributed by atoms with Crippen LogP contribution < -0.4 is 0 Å². The zero-order chi connectivity index (χ0) is 20.2. The zero-order valence-electron chi connectivity index (χ0n) is 17.1. The van der Waals surface area contributed by atoms with Gasteiger partial charge in [0.05, 0.1) is 5.92 Å². The number of amides is 3. The van der Waals surface area contributed by atoms with Crippen LogP contribution in [0.2, 0.25) is 0 Å². The second-order valence-corrected chi connectivity index (χ2v) is 8.72. The van der Waals surface area contributed by atoms with E-state index in [4.69, 9.17) is 0 Å². The van der Waals surface area contributed by atoms with Gasteiger partial charge in [-0.1, -0.05) is 30.3 Å². The maximum absolute atomic E-state index is 13.0. The molecule has 1 atom stereocenters. The van der Waals surface area contributed by atoms with Crippen LogP contribution in [0.1, 0.15) is 44.1 Å². The fraction of sp³-hybridized carbons (Fsp3) is 0.609. The molecule has 1 unspecified atom stereocenters. The van der Waals surface area contributed by atoms with Crippen LogP contribution in [-0.4, -0.2) is 65.1 Å². The summed E-state index contributed by atoms with van der Waals surface area (Å²) in [5, 5.41) is 0. The Labute approximate surface area is 172 Å². The van der Waals surface area contributed by atoms with Gasteiger partial charge in [0, 0.05) is 52.1 Å². The first-order valence-corrected chi connectivity index (χ1v) is 11.0. The van der Waals surface area contributed by atoms with Crippen molar-refractivity contribution in [2.45, 2.75) is 45.1 Å². The topological polar surface area (TPSA) is 60.9 Å². The third-order valence-electron chi connectivity index (χ3n) is 6.63. The number of carbonyl (C=O) groups excluding carboxylic acids is 3. The lowest BCUT2D eigenvalue weighted by molar-refractivity contribution is -0.137. The molecular formula is C23H31N3O3. The molecule has 0 aromatic heterocycles. The zero-order valence-corrected chi connectivity index (χ0v) is 17.1. The first-order chi connectivity index (χ1) is 14.1. The minimum absolute atomic E-state index is 0.0679. The molecule has 3 aliphatic rings. The van der Waals surface area contributed by atoms with Crippen LogP contribution in [0.15, 0.2) is 30.3 Å². The van der Waals surface area contributed by atoms with E-state index in [2.05, 4.69) is 0 Å². The van der Waals surface area contributed by atoms with Gasteiger partial charge in [0.1, 0.15) is 0 Å². The molecule has 3 fully saturated rings. The smallest absolute Gasteiger partial charge is 0.227 e. The van der Waals surface area contributed by atoms with Crippen LogP contribution in [0.3, 0.4) is 0 Å². The average molecular weight is 398 g/mol. The molecule has 3 aliphatic heterocycles. The van der Waals surface area contributed by atoms with Crippen molar-refractivity contribution >= 4 is 17.7 Å². The van der Waals surface area contributed by atoms with E-state index in [0.717, 1.165) is 44.3 Å². The summed E-state index contributed by atoms with van der Waals surface area (Å²) in [6.45, 7) is 4.32. The van der Waals surface area contributed by atoms with Crippen LogP contribution in [0.25, 0.3) is 0 Å². The highest BCUT2D eigenvalue weighted by Crippen LogP contribution is 2.27. The van der Waals surface area contributed by atoms with Gasteiger partial charge in [-0.15, -0.1) is 0 Å². The highest BCUT2D eigenvalue weighted by molar-refractivity contribution is 5.89. The Morgan fingerprint density at radius 1 is 0.931 bits per heavy atom. The van der Waals surface area contributed by atoms with E-state index in [9.17, 15) is 14.4 Å². The Kier molecular flexibility index (Phi) is 6.16. The predicted molar refractivity (Wildman–Crippen MR) is 110 cm³/mol. The molecule has 3 saturated heterocycles. The molecule has 6 nitrogen and oxygen atoms in total. The van der Waals surface area contributed by atoms with E-state index < -0.39 is 0 Å². The summed E-state index contributed by atoms with van der Waals surface area (Å²) in [5.74, 6) is 0.614. The summed E-state index contributed by atoms with van der Waals surface area (Å²) >= 11 is 0. The number of hydrogen-bond donors (Lipinski definition) is 0. The SMILES string of the molecule is O=C(CC1CCN(C(=O)C2CC(=O)N(Cc3ccccc3)C2)CC1)N1CCCC1. The van der Waals surface area contributed by atoms with Gasteiger partial charge in [-0.25, -0.2) is 0 Å². The number of nitrogens with zero attached hydrogens (tertiary/aromatic N) is 3. The molecule has 4 rings (SSSR count). The van der Waals surface area contributed by atoms with Gasteiger partial charge in [0.15, 0.2) is 0 Å². The third-order valence-corrected chi connectivity index (χ3v) is 6.63. The van der Waals surface area contributed by atoms with Gasteiger partial charge >= 0.3 is 0 Å². The highest BCUT2D eigenvalue weighted by atomic mass is 16.2. The summed E-state index contributed by atoms with van der Waals surface area (Å²) in [7, 11) is 0. The van der Waals surface area contributed by atoms with Crippen LogP contribution in [0, 0.1) is 11.8 Å². The lowest BCUT2D eigenvalue weighted by Crippen LogP contribution is -2.43. The van der Waals surface area contributed by atoms with Crippen molar-refractivity contribution in [3.63, 3.8) is 0 Å². The summed E-state index contributed by atoms with van der Waals surface area (Å²) in [6.07, 6.45) is 4.97. The van der Waals surface area contributed by atoms with Crippen LogP contribution >= 0.6 is 0 Å². The highest BCUT2D eigenvalue weighted by Gasteiger charge is 2.37. The first kappa shape index (κ1) is 19.9. The Morgan fingerprint density at radius 2 is 1.62 bits per heavy atom. The molecule has 6 heteroatoms. The molecule has 3 amide bonds. The second-order valence-electron chi connectivity index (χ2n) is 8.72. The molecular weight excluding hydrogens is 366 g/mol. The van der Waals surface area contributed by atoms with Crippen molar-refractivity contribution in [3.8, 4) is 0 Å². The lowest BCUT2D eigenvalue weighted by Gasteiger charge is -2.33. The Morgan fingerprint density at radius 3 is 2.31 bits per heavy atom. The maximum Gasteiger partial charge on any atom is 0.227 e. The maximum atomic E-state index is 13.0. The van der Waals surface area contributed by atoms with Gasteiger partial charge in [0.2, 0.25) is 17.7 Å². The van der Waals surface area contributed by atoms with E-state index in [-0.39, 0.29) is 23.6 Å². The molecule has 156 valence electrons. The molecule has 0 N–H and O–H groups in total. The van der Waals surface area contributed by atoms with E-state index in [1.807, 2.05) is 40.1 Å². The van der Waals surface area contributed by atoms with Crippen molar-refractivity contribution in [2.75, 3.05) is 32.7 Å². The fourth-order valence-electron chi connectivity index (χ4n) is 4.85. The molecule has 1 aromatic carbocycles. The van der Waals surface area contributed by atoms with Gasteiger partial charge in [-0.2, -0.15) is 0 Å². The quantitative estimate of drug-likeness (QED) is 0.766. The molecule has 3 heterocycles. The molecule has 0 bridgehead atoms. The monoisotopic (exact) mass is 397 g/mol. The van der Waals surface area contributed by atoms with Crippen LogP contribution in [0.4, 0.5) is 0 Å². The number of likely N-dealkylation sites (tertiary alicyclic amines) is 3. The average Bonchev–Trinajstić information content (AvgIpc) is 3.40. The van der Waals surface area contributed by atoms with Gasteiger partial charge < -0.3 is 14.7 Å². The van der Waals surface area contributed by atoms with Crippen molar-refractivity contribution < 1.29 is 14.4 Å².